The number of nitrogens with zero attached hydrogens (tertiary/aromatic N) is 1. The lowest BCUT2D eigenvalue weighted by atomic mass is 10.1. The second kappa shape index (κ2) is 10.6. The number of benzene rings is 4. The highest BCUT2D eigenvalue weighted by Crippen LogP contribution is 2.31. The maximum atomic E-state index is 12.8. The van der Waals surface area contributed by atoms with E-state index in [-0.39, 0.29) is 12.2 Å². The molecule has 4 aromatic carbocycles. The number of rotatable bonds is 7. The van der Waals surface area contributed by atoms with Crippen molar-refractivity contribution in [3.63, 3.8) is 0 Å². The summed E-state index contributed by atoms with van der Waals surface area (Å²) in [6.07, 6.45) is 1.51. The number of hydrogen-bond acceptors (Lipinski definition) is 4. The lowest BCUT2D eigenvalue weighted by Crippen LogP contribution is -2.13. The minimum atomic E-state index is -0.489. The van der Waals surface area contributed by atoms with E-state index in [9.17, 15) is 10.1 Å². The Balaban J connectivity index is 1.53. The van der Waals surface area contributed by atoms with Crippen molar-refractivity contribution in [2.24, 2.45) is 0 Å². The van der Waals surface area contributed by atoms with Crippen LogP contribution in [0.2, 0.25) is 5.02 Å². The Morgan fingerprint density at radius 3 is 2.56 bits per heavy atom. The lowest BCUT2D eigenvalue weighted by Gasteiger charge is -2.12. The molecule has 4 aromatic rings. The molecule has 0 aliphatic rings. The number of fused-ring (bicyclic) bond motifs is 1. The van der Waals surface area contributed by atoms with E-state index in [1.807, 2.05) is 66.7 Å². The van der Waals surface area contributed by atoms with Gasteiger partial charge in [0.1, 0.15) is 18.2 Å². The summed E-state index contributed by atoms with van der Waals surface area (Å²) >= 11 is 6.19. The first kappa shape index (κ1) is 22.9. The molecule has 34 heavy (non-hydrogen) atoms. The van der Waals surface area contributed by atoms with Gasteiger partial charge in [-0.1, -0.05) is 72.3 Å². The second-order valence-electron chi connectivity index (χ2n) is 7.44. The van der Waals surface area contributed by atoms with E-state index in [0.29, 0.717) is 27.8 Å². The smallest absolute Gasteiger partial charge is 0.266 e. The summed E-state index contributed by atoms with van der Waals surface area (Å²) in [5.74, 6) is 0.516. The predicted molar refractivity (Wildman–Crippen MR) is 135 cm³/mol. The number of amides is 1. The Labute approximate surface area is 202 Å². The van der Waals surface area contributed by atoms with Crippen LogP contribution < -0.4 is 14.8 Å². The Kier molecular flexibility index (Phi) is 7.12. The highest BCUT2D eigenvalue weighted by molar-refractivity contribution is 6.31. The highest BCUT2D eigenvalue weighted by atomic mass is 35.5. The molecule has 0 saturated carbocycles. The Hall–Kier alpha value is -4.27. The van der Waals surface area contributed by atoms with Gasteiger partial charge in [-0.05, 0) is 41.3 Å². The Bertz CT molecular complexity index is 1420. The van der Waals surface area contributed by atoms with Crippen LogP contribution >= 0.6 is 11.6 Å². The largest absolute Gasteiger partial charge is 0.493 e. The topological polar surface area (TPSA) is 71.3 Å². The van der Waals surface area contributed by atoms with Crippen molar-refractivity contribution in [1.29, 1.82) is 5.26 Å². The van der Waals surface area contributed by atoms with Crippen molar-refractivity contribution in [2.75, 3.05) is 12.4 Å². The molecule has 0 radical (unpaired) electrons. The molecule has 1 N–H and O–H groups in total. The minimum Gasteiger partial charge on any atom is -0.493 e. The molecule has 0 fully saturated rings. The summed E-state index contributed by atoms with van der Waals surface area (Å²) in [6, 6.07) is 28.0. The fourth-order valence-electron chi connectivity index (χ4n) is 3.50. The molecule has 0 aliphatic carbocycles. The molecule has 168 valence electrons. The van der Waals surface area contributed by atoms with E-state index in [1.165, 1.54) is 13.2 Å². The number of ether oxygens (including phenoxy) is 2. The molecular weight excluding hydrogens is 448 g/mol. The van der Waals surface area contributed by atoms with Gasteiger partial charge < -0.3 is 14.8 Å². The van der Waals surface area contributed by atoms with Crippen LogP contribution in [0.15, 0.2) is 90.5 Å². The van der Waals surface area contributed by atoms with Crippen LogP contribution in [0.5, 0.6) is 11.5 Å². The second-order valence-corrected chi connectivity index (χ2v) is 7.85. The highest BCUT2D eigenvalue weighted by Gasteiger charge is 2.13. The van der Waals surface area contributed by atoms with Gasteiger partial charge >= 0.3 is 0 Å². The maximum absolute atomic E-state index is 12.8. The molecule has 6 heteroatoms. The molecule has 0 aromatic heterocycles. The van der Waals surface area contributed by atoms with Gasteiger partial charge in [0.05, 0.1) is 7.11 Å². The van der Waals surface area contributed by atoms with E-state index in [0.717, 1.165) is 16.3 Å². The van der Waals surface area contributed by atoms with Crippen LogP contribution in [-0.4, -0.2) is 13.0 Å². The first-order valence-corrected chi connectivity index (χ1v) is 10.9. The Morgan fingerprint density at radius 2 is 1.76 bits per heavy atom. The van der Waals surface area contributed by atoms with E-state index < -0.39 is 5.91 Å². The van der Waals surface area contributed by atoms with Gasteiger partial charge in [0.25, 0.3) is 5.91 Å². The first-order chi connectivity index (χ1) is 16.6. The van der Waals surface area contributed by atoms with Crippen LogP contribution in [-0.2, 0) is 11.4 Å². The zero-order chi connectivity index (χ0) is 23.9. The van der Waals surface area contributed by atoms with Gasteiger partial charge in [0, 0.05) is 21.7 Å². The van der Waals surface area contributed by atoms with E-state index in [1.54, 1.807) is 24.3 Å². The van der Waals surface area contributed by atoms with Crippen molar-refractivity contribution in [3.05, 3.63) is 107 Å². The van der Waals surface area contributed by atoms with E-state index in [2.05, 4.69) is 5.32 Å². The number of carbonyl (C=O) groups excluding carboxylic acids is 1. The monoisotopic (exact) mass is 468 g/mol. The molecule has 0 unspecified atom stereocenters. The third-order valence-corrected chi connectivity index (χ3v) is 5.61. The van der Waals surface area contributed by atoms with Gasteiger partial charge in [-0.3, -0.25) is 4.79 Å². The van der Waals surface area contributed by atoms with Crippen LogP contribution in [0, 0.1) is 11.3 Å². The number of anilines is 1. The quantitative estimate of drug-likeness (QED) is 0.244. The standard InChI is InChI=1S/C28H21ClN2O3/c1-33-27-16-19(13-14-26(27)34-18-21-8-3-5-11-24(21)29)15-22(17-30)28(32)31-25-12-6-9-20-7-2-4-10-23(20)25/h2-16H,18H2,1H3,(H,31,32)/b22-15+. The van der Waals surface area contributed by atoms with Gasteiger partial charge in [-0.15, -0.1) is 0 Å². The van der Waals surface area contributed by atoms with Gasteiger partial charge in [-0.2, -0.15) is 5.26 Å². The van der Waals surface area contributed by atoms with Gasteiger partial charge in [0.2, 0.25) is 0 Å². The molecule has 5 nitrogen and oxygen atoms in total. The van der Waals surface area contributed by atoms with Crippen LogP contribution in [0.3, 0.4) is 0 Å². The molecule has 0 saturated heterocycles. The number of carbonyl (C=O) groups is 1. The van der Waals surface area contributed by atoms with Crippen molar-refractivity contribution in [3.8, 4) is 17.6 Å². The number of halogens is 1. The van der Waals surface area contributed by atoms with Crippen molar-refractivity contribution in [1.82, 2.24) is 0 Å². The molecule has 0 heterocycles. The Morgan fingerprint density at radius 1 is 1.00 bits per heavy atom. The van der Waals surface area contributed by atoms with Crippen LogP contribution in [0.1, 0.15) is 11.1 Å². The maximum Gasteiger partial charge on any atom is 0.266 e. The minimum absolute atomic E-state index is 0.0280. The summed E-state index contributed by atoms with van der Waals surface area (Å²) in [5.41, 5.74) is 2.10. The molecule has 4 rings (SSSR count). The molecular formula is C28H21ClN2O3. The van der Waals surface area contributed by atoms with Crippen molar-refractivity contribution >= 4 is 40.0 Å². The normalized spacial score (nSPS) is 11.0. The summed E-state index contributed by atoms with van der Waals surface area (Å²) in [7, 11) is 1.53. The molecule has 0 aliphatic heterocycles. The third kappa shape index (κ3) is 5.20. The predicted octanol–water partition coefficient (Wildman–Crippen LogP) is 6.63. The zero-order valence-corrected chi connectivity index (χ0v) is 19.2. The fraction of sp³-hybridized carbons (Fsp3) is 0.0714. The summed E-state index contributed by atoms with van der Waals surface area (Å²) < 4.78 is 11.3. The first-order valence-electron chi connectivity index (χ1n) is 10.5. The summed E-state index contributed by atoms with van der Waals surface area (Å²) in [5, 5.41) is 15.0. The molecule has 1 amide bonds. The lowest BCUT2D eigenvalue weighted by molar-refractivity contribution is -0.112. The summed E-state index contributed by atoms with van der Waals surface area (Å²) in [4.78, 5) is 12.8. The zero-order valence-electron chi connectivity index (χ0n) is 18.4. The molecule has 0 atom stereocenters. The fourth-order valence-corrected chi connectivity index (χ4v) is 3.69. The third-order valence-electron chi connectivity index (χ3n) is 5.24. The number of nitrogens with one attached hydrogen (secondary N) is 1. The van der Waals surface area contributed by atoms with E-state index >= 15 is 0 Å². The number of methoxy groups -OCH3 is 1. The van der Waals surface area contributed by atoms with Crippen LogP contribution in [0.4, 0.5) is 5.69 Å². The average Bonchev–Trinajstić information content (AvgIpc) is 2.87. The van der Waals surface area contributed by atoms with E-state index in [4.69, 9.17) is 21.1 Å². The number of nitriles is 1. The van der Waals surface area contributed by atoms with Gasteiger partial charge in [-0.25, -0.2) is 0 Å². The SMILES string of the molecule is COc1cc(/C=C(\C#N)C(=O)Nc2cccc3ccccc23)ccc1OCc1ccccc1Cl. The average molecular weight is 469 g/mol. The number of hydrogen-bond donors (Lipinski definition) is 1. The summed E-state index contributed by atoms with van der Waals surface area (Å²) in [6.45, 7) is 0.280. The van der Waals surface area contributed by atoms with Gasteiger partial charge in [0.15, 0.2) is 11.5 Å². The van der Waals surface area contributed by atoms with Crippen molar-refractivity contribution in [2.45, 2.75) is 6.61 Å². The molecule has 0 bridgehead atoms. The van der Waals surface area contributed by atoms with Crippen molar-refractivity contribution < 1.29 is 14.3 Å². The van der Waals surface area contributed by atoms with Crippen LogP contribution in [0.25, 0.3) is 16.8 Å². The molecule has 0 spiro atoms.